The fourth-order valence-corrected chi connectivity index (χ4v) is 5.29. The van der Waals surface area contributed by atoms with Crippen LogP contribution in [0.2, 0.25) is 0 Å². The average Bonchev–Trinajstić information content (AvgIpc) is 3.19. The van der Waals surface area contributed by atoms with Crippen molar-refractivity contribution in [2.45, 2.75) is 66.3 Å². The van der Waals surface area contributed by atoms with Crippen molar-refractivity contribution in [2.24, 2.45) is 7.05 Å². The number of nitrogens with zero attached hydrogens (tertiary/aromatic N) is 2. The number of para-hydroxylation sites is 1. The summed E-state index contributed by atoms with van der Waals surface area (Å²) in [6.07, 6.45) is 2.19. The molecule has 0 aliphatic heterocycles. The molecular weight excluding hydrogens is 426 g/mol. The number of imidazole rings is 1. The number of aromatic nitrogens is 2. The summed E-state index contributed by atoms with van der Waals surface area (Å²) in [7, 11) is 2.09. The fourth-order valence-electron chi connectivity index (χ4n) is 5.29. The minimum atomic E-state index is -0.0586. The van der Waals surface area contributed by atoms with E-state index in [-0.39, 0.29) is 6.04 Å². The zero-order valence-electron chi connectivity index (χ0n) is 22.5. The standard InChI is InChI=1S/C32H39N3/c1-20(2)26-15-12-16-27(21(3)4)30(26)34-31(29-23(6)17-22(5)18-24(29)7)28-19-35(8)32(33-28)25-13-10-9-11-14-25/h9-21,31,34H,1-8H3. The lowest BCUT2D eigenvalue weighted by Crippen LogP contribution is -2.18. The quantitative estimate of drug-likeness (QED) is 0.297. The number of rotatable bonds is 7. The largest absolute Gasteiger partial charge is 0.372 e. The Morgan fingerprint density at radius 1 is 0.771 bits per heavy atom. The van der Waals surface area contributed by atoms with Crippen LogP contribution in [0, 0.1) is 20.8 Å². The molecule has 0 spiro atoms. The molecule has 4 rings (SSSR count). The zero-order valence-corrected chi connectivity index (χ0v) is 22.5. The molecule has 1 atom stereocenters. The highest BCUT2D eigenvalue weighted by atomic mass is 15.1. The Labute approximate surface area is 211 Å². The van der Waals surface area contributed by atoms with E-state index in [0.29, 0.717) is 11.8 Å². The second-order valence-corrected chi connectivity index (χ2v) is 10.5. The molecule has 0 aliphatic rings. The third kappa shape index (κ3) is 5.05. The Morgan fingerprint density at radius 2 is 1.34 bits per heavy atom. The van der Waals surface area contributed by atoms with Gasteiger partial charge in [0.15, 0.2) is 0 Å². The molecule has 0 saturated carbocycles. The molecule has 0 radical (unpaired) electrons. The molecule has 1 unspecified atom stereocenters. The first kappa shape index (κ1) is 24.8. The summed E-state index contributed by atoms with van der Waals surface area (Å²) in [6.45, 7) is 15.7. The van der Waals surface area contributed by atoms with E-state index in [1.807, 2.05) is 6.07 Å². The van der Waals surface area contributed by atoms with E-state index in [1.165, 1.54) is 39.1 Å². The second-order valence-electron chi connectivity index (χ2n) is 10.5. The SMILES string of the molecule is Cc1cc(C)c(C(Nc2c(C(C)C)cccc2C(C)C)c2cn(C)c(-c3ccccc3)n2)c(C)c1. The summed E-state index contributed by atoms with van der Waals surface area (Å²) in [5, 5.41) is 4.03. The molecular formula is C32H39N3. The van der Waals surface area contributed by atoms with Gasteiger partial charge in [-0.3, -0.25) is 0 Å². The minimum Gasteiger partial charge on any atom is -0.372 e. The molecule has 0 fully saturated rings. The maximum Gasteiger partial charge on any atom is 0.140 e. The Kier molecular flexibility index (Phi) is 7.16. The van der Waals surface area contributed by atoms with Gasteiger partial charge in [-0.15, -0.1) is 0 Å². The summed E-state index contributed by atoms with van der Waals surface area (Å²) in [4.78, 5) is 5.21. The van der Waals surface area contributed by atoms with E-state index in [4.69, 9.17) is 4.98 Å². The fraction of sp³-hybridized carbons (Fsp3) is 0.344. The third-order valence-electron chi connectivity index (χ3n) is 6.91. The summed E-state index contributed by atoms with van der Waals surface area (Å²) >= 11 is 0. The van der Waals surface area contributed by atoms with E-state index in [9.17, 15) is 0 Å². The highest BCUT2D eigenvalue weighted by Crippen LogP contribution is 2.38. The van der Waals surface area contributed by atoms with Crippen LogP contribution in [0.1, 0.15) is 84.6 Å². The molecule has 1 aromatic heterocycles. The Hall–Kier alpha value is -3.33. The van der Waals surface area contributed by atoms with E-state index in [1.54, 1.807) is 0 Å². The molecule has 0 aliphatic carbocycles. The first-order valence-corrected chi connectivity index (χ1v) is 12.7. The molecule has 1 N–H and O–H groups in total. The van der Waals surface area contributed by atoms with Gasteiger partial charge in [-0.2, -0.15) is 0 Å². The van der Waals surface area contributed by atoms with Gasteiger partial charge >= 0.3 is 0 Å². The van der Waals surface area contributed by atoms with Gasteiger partial charge in [0, 0.05) is 24.5 Å². The molecule has 35 heavy (non-hydrogen) atoms. The summed E-state index contributed by atoms with van der Waals surface area (Å²) in [5.74, 6) is 1.82. The van der Waals surface area contributed by atoms with Crippen LogP contribution >= 0.6 is 0 Å². The van der Waals surface area contributed by atoms with Crippen molar-refractivity contribution in [3.05, 3.63) is 106 Å². The highest BCUT2D eigenvalue weighted by Gasteiger charge is 2.25. The van der Waals surface area contributed by atoms with Gasteiger partial charge in [0.1, 0.15) is 5.82 Å². The van der Waals surface area contributed by atoms with Crippen LogP contribution in [0.3, 0.4) is 0 Å². The van der Waals surface area contributed by atoms with Gasteiger partial charge in [0.25, 0.3) is 0 Å². The Bertz CT molecular complexity index is 1260. The van der Waals surface area contributed by atoms with Gasteiger partial charge in [-0.05, 0) is 60.4 Å². The second kappa shape index (κ2) is 10.1. The Morgan fingerprint density at radius 3 is 1.89 bits per heavy atom. The van der Waals surface area contributed by atoms with Crippen molar-refractivity contribution in [1.29, 1.82) is 0 Å². The summed E-state index contributed by atoms with van der Waals surface area (Å²) in [6, 6.07) is 21.7. The molecule has 0 bridgehead atoms. The predicted molar refractivity (Wildman–Crippen MR) is 149 cm³/mol. The van der Waals surface area contributed by atoms with Crippen molar-refractivity contribution in [2.75, 3.05) is 5.32 Å². The smallest absolute Gasteiger partial charge is 0.140 e. The van der Waals surface area contributed by atoms with Crippen LogP contribution in [0.15, 0.2) is 66.9 Å². The van der Waals surface area contributed by atoms with Gasteiger partial charge in [0.05, 0.1) is 11.7 Å². The van der Waals surface area contributed by atoms with Gasteiger partial charge in [0.2, 0.25) is 0 Å². The predicted octanol–water partition coefficient (Wildman–Crippen LogP) is 8.46. The molecule has 3 nitrogen and oxygen atoms in total. The molecule has 0 amide bonds. The zero-order chi connectivity index (χ0) is 25.3. The molecule has 182 valence electrons. The lowest BCUT2D eigenvalue weighted by molar-refractivity contribution is 0.811. The number of anilines is 1. The van der Waals surface area contributed by atoms with Crippen LogP contribution in [0.5, 0.6) is 0 Å². The summed E-state index contributed by atoms with van der Waals surface area (Å²) < 4.78 is 2.15. The van der Waals surface area contributed by atoms with Crippen molar-refractivity contribution >= 4 is 5.69 Å². The van der Waals surface area contributed by atoms with E-state index in [0.717, 1.165) is 17.1 Å². The lowest BCUT2D eigenvalue weighted by atomic mass is 9.89. The lowest BCUT2D eigenvalue weighted by Gasteiger charge is -2.28. The van der Waals surface area contributed by atoms with E-state index < -0.39 is 0 Å². The Balaban J connectivity index is 1.93. The topological polar surface area (TPSA) is 29.9 Å². The van der Waals surface area contributed by atoms with Gasteiger partial charge in [-0.1, -0.05) is 93.9 Å². The van der Waals surface area contributed by atoms with Crippen LogP contribution in [-0.4, -0.2) is 9.55 Å². The average molecular weight is 466 g/mol. The maximum atomic E-state index is 5.21. The number of nitrogens with one attached hydrogen (secondary N) is 1. The van der Waals surface area contributed by atoms with Crippen LogP contribution in [0.4, 0.5) is 5.69 Å². The van der Waals surface area contributed by atoms with Crippen molar-refractivity contribution in [3.63, 3.8) is 0 Å². The van der Waals surface area contributed by atoms with Crippen molar-refractivity contribution in [1.82, 2.24) is 9.55 Å². The molecule has 3 heteroatoms. The highest BCUT2D eigenvalue weighted by molar-refractivity contribution is 5.64. The van der Waals surface area contributed by atoms with Crippen molar-refractivity contribution in [3.8, 4) is 11.4 Å². The third-order valence-corrected chi connectivity index (χ3v) is 6.91. The number of hydrogen-bond donors (Lipinski definition) is 1. The number of hydrogen-bond acceptors (Lipinski definition) is 2. The van der Waals surface area contributed by atoms with Crippen LogP contribution in [0.25, 0.3) is 11.4 Å². The molecule has 1 heterocycles. The first-order chi connectivity index (χ1) is 16.7. The number of aryl methyl sites for hydroxylation is 4. The summed E-state index contributed by atoms with van der Waals surface area (Å²) in [5.41, 5.74) is 11.3. The van der Waals surface area contributed by atoms with E-state index >= 15 is 0 Å². The first-order valence-electron chi connectivity index (χ1n) is 12.7. The molecule has 3 aromatic carbocycles. The van der Waals surface area contributed by atoms with Crippen LogP contribution < -0.4 is 5.32 Å². The molecule has 4 aromatic rings. The maximum absolute atomic E-state index is 5.21. The van der Waals surface area contributed by atoms with Gasteiger partial charge < -0.3 is 9.88 Å². The molecule has 0 saturated heterocycles. The van der Waals surface area contributed by atoms with Crippen molar-refractivity contribution < 1.29 is 0 Å². The normalized spacial score (nSPS) is 12.4. The van der Waals surface area contributed by atoms with Crippen LogP contribution in [-0.2, 0) is 7.05 Å². The van der Waals surface area contributed by atoms with E-state index in [2.05, 4.69) is 126 Å². The van der Waals surface area contributed by atoms with Gasteiger partial charge in [-0.25, -0.2) is 4.98 Å². The minimum absolute atomic E-state index is 0.0586. The monoisotopic (exact) mass is 465 g/mol. The number of benzene rings is 3.